The molecule has 41 heavy (non-hydrogen) atoms. The summed E-state index contributed by atoms with van der Waals surface area (Å²) in [7, 11) is -2.62. The predicted molar refractivity (Wildman–Crippen MR) is 156 cm³/mol. The normalized spacial score (nSPS) is 15.4. The highest BCUT2D eigenvalue weighted by atomic mass is 32.2. The lowest BCUT2D eigenvalue weighted by Crippen LogP contribution is -2.36. The van der Waals surface area contributed by atoms with Crippen LogP contribution in [0.3, 0.4) is 0 Å². The first-order valence-corrected chi connectivity index (χ1v) is 14.7. The van der Waals surface area contributed by atoms with Gasteiger partial charge >= 0.3 is 0 Å². The first-order chi connectivity index (χ1) is 19.8. The molecule has 0 radical (unpaired) electrons. The van der Waals surface area contributed by atoms with Crippen LogP contribution in [-0.4, -0.2) is 65.8 Å². The zero-order valence-corrected chi connectivity index (χ0v) is 23.4. The van der Waals surface area contributed by atoms with Crippen molar-refractivity contribution in [2.75, 3.05) is 66.3 Å². The maximum atomic E-state index is 13.4. The number of ether oxygens (including phenoxy) is 2. The van der Waals surface area contributed by atoms with Gasteiger partial charge in [0.15, 0.2) is 0 Å². The number of rotatable bonds is 9. The summed E-state index contributed by atoms with van der Waals surface area (Å²) in [5.74, 6) is -0.240. The van der Waals surface area contributed by atoms with E-state index in [-0.39, 0.29) is 27.5 Å². The third kappa shape index (κ3) is 6.20. The molecule has 0 spiro atoms. The maximum Gasteiger partial charge on any atom is 0.293 e. The molecule has 12 nitrogen and oxygen atoms in total. The number of hydrogen-bond donors (Lipinski definition) is 2. The van der Waals surface area contributed by atoms with Gasteiger partial charge in [0, 0.05) is 37.8 Å². The van der Waals surface area contributed by atoms with Gasteiger partial charge < -0.3 is 24.6 Å². The number of para-hydroxylation sites is 2. The van der Waals surface area contributed by atoms with Gasteiger partial charge in [-0.05, 0) is 55.3 Å². The first kappa shape index (κ1) is 28.2. The summed E-state index contributed by atoms with van der Waals surface area (Å²) in [4.78, 5) is 28.7. The summed E-state index contributed by atoms with van der Waals surface area (Å²) < 4.78 is 40.0. The fourth-order valence-corrected chi connectivity index (χ4v) is 6.12. The molecule has 216 valence electrons. The molecule has 2 saturated heterocycles. The van der Waals surface area contributed by atoms with Crippen molar-refractivity contribution in [3.63, 3.8) is 0 Å². The monoisotopic (exact) mass is 581 g/mol. The Hall–Kier alpha value is -4.36. The largest absolute Gasteiger partial charge is 0.495 e. The van der Waals surface area contributed by atoms with Gasteiger partial charge in [-0.15, -0.1) is 0 Å². The Morgan fingerprint density at radius 3 is 2.32 bits per heavy atom. The van der Waals surface area contributed by atoms with Crippen molar-refractivity contribution in [3.8, 4) is 5.75 Å². The molecular weight excluding hydrogens is 550 g/mol. The van der Waals surface area contributed by atoms with Crippen molar-refractivity contribution in [1.29, 1.82) is 0 Å². The number of carbonyl (C=O) groups is 1. The Morgan fingerprint density at radius 1 is 0.927 bits per heavy atom. The molecule has 0 saturated carbocycles. The molecule has 2 heterocycles. The SMILES string of the molecule is COc1ccccc1NS(=O)(=O)c1ccc(N2CCOCC2)c(NC(=O)c2ccc(N3CCCC3)c([N+](=O)[O-])c2)c1. The van der Waals surface area contributed by atoms with Crippen molar-refractivity contribution >= 4 is 44.4 Å². The summed E-state index contributed by atoms with van der Waals surface area (Å²) in [5, 5.41) is 14.7. The Bertz CT molecular complexity index is 1550. The number of carbonyl (C=O) groups excluding carboxylic acids is 1. The van der Waals surface area contributed by atoms with Crippen molar-refractivity contribution in [3.05, 3.63) is 76.3 Å². The van der Waals surface area contributed by atoms with Crippen LogP contribution in [0.2, 0.25) is 0 Å². The van der Waals surface area contributed by atoms with Gasteiger partial charge in [0.05, 0.1) is 47.2 Å². The molecule has 5 rings (SSSR count). The van der Waals surface area contributed by atoms with Crippen LogP contribution in [0.25, 0.3) is 0 Å². The summed E-state index contributed by atoms with van der Waals surface area (Å²) in [6.45, 7) is 3.49. The lowest BCUT2D eigenvalue weighted by Gasteiger charge is -2.30. The van der Waals surface area contributed by atoms with Gasteiger partial charge in [-0.3, -0.25) is 19.6 Å². The van der Waals surface area contributed by atoms with E-state index in [4.69, 9.17) is 9.47 Å². The maximum absolute atomic E-state index is 13.4. The second-order valence-electron chi connectivity index (χ2n) is 9.69. The van der Waals surface area contributed by atoms with E-state index >= 15 is 0 Å². The number of nitro benzene ring substituents is 1. The Labute approximate surface area is 238 Å². The topological polar surface area (TPSA) is 143 Å². The van der Waals surface area contributed by atoms with Crippen LogP contribution in [0, 0.1) is 10.1 Å². The molecule has 3 aromatic rings. The Kier molecular flexibility index (Phi) is 8.26. The first-order valence-electron chi connectivity index (χ1n) is 13.2. The molecule has 0 aromatic heterocycles. The van der Waals surface area contributed by atoms with E-state index in [0.29, 0.717) is 43.4 Å². The number of morpholine rings is 1. The molecule has 0 bridgehead atoms. The lowest BCUT2D eigenvalue weighted by atomic mass is 10.1. The fraction of sp³-hybridized carbons (Fsp3) is 0.321. The molecule has 0 atom stereocenters. The number of anilines is 4. The van der Waals surface area contributed by atoms with E-state index < -0.39 is 20.9 Å². The zero-order chi connectivity index (χ0) is 29.0. The summed E-state index contributed by atoms with van der Waals surface area (Å²) in [6, 6.07) is 15.5. The third-order valence-corrected chi connectivity index (χ3v) is 8.47. The Morgan fingerprint density at radius 2 is 1.61 bits per heavy atom. The van der Waals surface area contributed by atoms with Gasteiger partial charge in [-0.2, -0.15) is 0 Å². The highest BCUT2D eigenvalue weighted by Crippen LogP contribution is 2.34. The summed E-state index contributed by atoms with van der Waals surface area (Å²) in [5.41, 5.74) is 1.56. The third-order valence-electron chi connectivity index (χ3n) is 7.11. The van der Waals surface area contributed by atoms with E-state index in [9.17, 15) is 23.3 Å². The number of nitro groups is 1. The molecule has 1 amide bonds. The second kappa shape index (κ2) is 12.0. The molecule has 0 unspecified atom stereocenters. The van der Waals surface area contributed by atoms with Crippen LogP contribution in [0.15, 0.2) is 65.6 Å². The molecule has 2 aliphatic heterocycles. The predicted octanol–water partition coefficient (Wildman–Crippen LogP) is 4.09. The quantitative estimate of drug-likeness (QED) is 0.282. The molecule has 2 fully saturated rings. The van der Waals surface area contributed by atoms with Crippen molar-refractivity contribution < 1.29 is 27.6 Å². The Balaban J connectivity index is 1.48. The molecule has 2 N–H and O–H groups in total. The molecule has 13 heteroatoms. The van der Waals surface area contributed by atoms with Gasteiger partial charge in [0.1, 0.15) is 11.4 Å². The average Bonchev–Trinajstić information content (AvgIpc) is 3.52. The highest BCUT2D eigenvalue weighted by Gasteiger charge is 2.26. The fourth-order valence-electron chi connectivity index (χ4n) is 5.03. The van der Waals surface area contributed by atoms with E-state index in [1.54, 1.807) is 42.5 Å². The highest BCUT2D eigenvalue weighted by molar-refractivity contribution is 7.92. The van der Waals surface area contributed by atoms with Crippen LogP contribution in [0.4, 0.5) is 28.4 Å². The van der Waals surface area contributed by atoms with E-state index in [0.717, 1.165) is 25.9 Å². The van der Waals surface area contributed by atoms with Crippen LogP contribution in [0.5, 0.6) is 5.75 Å². The van der Waals surface area contributed by atoms with Crippen molar-refractivity contribution in [2.24, 2.45) is 0 Å². The van der Waals surface area contributed by atoms with E-state index in [1.807, 2.05) is 9.80 Å². The minimum Gasteiger partial charge on any atom is -0.495 e. The molecule has 2 aliphatic rings. The van der Waals surface area contributed by atoms with Gasteiger partial charge in [0.2, 0.25) is 0 Å². The number of hydrogen-bond acceptors (Lipinski definition) is 9. The lowest BCUT2D eigenvalue weighted by molar-refractivity contribution is -0.384. The number of nitrogens with zero attached hydrogens (tertiary/aromatic N) is 3. The standard InChI is InChI=1S/C28H31N5O7S/c1-39-27-7-3-2-6-22(27)30-41(37,38)21-9-11-24(32-14-16-40-17-15-32)23(19-21)29-28(34)20-8-10-25(26(18-20)33(35)36)31-12-4-5-13-31/h2-3,6-11,18-19,30H,4-5,12-17H2,1H3,(H,29,34). The van der Waals surface area contributed by atoms with Gasteiger partial charge in [-0.25, -0.2) is 8.42 Å². The van der Waals surface area contributed by atoms with Crippen molar-refractivity contribution in [2.45, 2.75) is 17.7 Å². The molecule has 3 aromatic carbocycles. The van der Waals surface area contributed by atoms with Crippen LogP contribution < -0.4 is 24.6 Å². The second-order valence-corrected chi connectivity index (χ2v) is 11.4. The number of methoxy groups -OCH3 is 1. The van der Waals surface area contributed by atoms with Crippen LogP contribution >= 0.6 is 0 Å². The minimum atomic E-state index is -4.07. The van der Waals surface area contributed by atoms with Gasteiger partial charge in [0.25, 0.3) is 21.6 Å². The van der Waals surface area contributed by atoms with Crippen LogP contribution in [0.1, 0.15) is 23.2 Å². The number of sulfonamides is 1. The number of benzene rings is 3. The minimum absolute atomic E-state index is 0.0777. The zero-order valence-electron chi connectivity index (χ0n) is 22.5. The van der Waals surface area contributed by atoms with E-state index in [2.05, 4.69) is 10.0 Å². The summed E-state index contributed by atoms with van der Waals surface area (Å²) >= 11 is 0. The molecule has 0 aliphatic carbocycles. The number of nitrogens with one attached hydrogen (secondary N) is 2. The smallest absolute Gasteiger partial charge is 0.293 e. The summed E-state index contributed by atoms with van der Waals surface area (Å²) in [6.07, 6.45) is 1.91. The molecular formula is C28H31N5O7S. The van der Waals surface area contributed by atoms with E-state index in [1.165, 1.54) is 25.3 Å². The number of amides is 1. The van der Waals surface area contributed by atoms with Crippen molar-refractivity contribution in [1.82, 2.24) is 0 Å². The van der Waals surface area contributed by atoms with Gasteiger partial charge in [-0.1, -0.05) is 12.1 Å². The average molecular weight is 582 g/mol. The van der Waals surface area contributed by atoms with Crippen LogP contribution in [-0.2, 0) is 14.8 Å².